The van der Waals surface area contributed by atoms with Crippen molar-refractivity contribution in [3.63, 3.8) is 0 Å². The van der Waals surface area contributed by atoms with Crippen LogP contribution < -0.4 is 5.40 Å². The maximum Gasteiger partial charge on any atom is 0.334 e. The topological polar surface area (TPSA) is 35.2 Å². The molecular weight excluding hydrogens is 82.1 g/mol. The second-order valence-electron chi connectivity index (χ2n) is 0.551. The van der Waals surface area contributed by atoms with Crippen LogP contribution in [0.3, 0.4) is 0 Å². The first kappa shape index (κ1) is 5.14. The molecule has 0 aromatic rings. The predicted octanol–water partition coefficient (Wildman–Crippen LogP) is -0.484. The second-order valence-corrected chi connectivity index (χ2v) is 1.08. The highest BCUT2D eigenvalue weighted by Gasteiger charge is 1.69. The molecule has 0 aliphatic carbocycles. The third kappa shape index (κ3) is 4.14. The lowest BCUT2D eigenvalue weighted by Crippen LogP contribution is -2.08. The zero-order chi connectivity index (χ0) is 4.12. The Bertz CT molecular complexity index is 17.1. The van der Waals surface area contributed by atoms with Gasteiger partial charge in [-0.2, -0.15) is 0 Å². The molecule has 0 bridgehead atoms. The summed E-state index contributed by atoms with van der Waals surface area (Å²) < 4.78 is 4.64. The van der Waals surface area contributed by atoms with Gasteiger partial charge in [0.25, 0.3) is 0 Å². The third-order valence-corrected chi connectivity index (χ3v) is 0.683. The lowest BCUT2D eigenvalue weighted by atomic mass is 10.9. The Hall–Kier alpha value is 0.137. The van der Waals surface area contributed by atoms with Crippen molar-refractivity contribution >= 4 is 9.92 Å². The summed E-state index contributed by atoms with van der Waals surface area (Å²) in [6, 6.07) is 0. The molecule has 0 heterocycles. The minimum absolute atomic E-state index is 0.158. The van der Waals surface area contributed by atoms with Crippen molar-refractivity contribution in [2.75, 3.05) is 6.61 Å². The monoisotopic (exact) mass is 89.0 g/mol. The molecule has 5 heavy (non-hydrogen) atoms. The van der Waals surface area contributed by atoms with Gasteiger partial charge in [0.15, 0.2) is 0 Å². The number of hydrogen-bond acceptors (Lipinski definition) is 2. The zero-order valence-corrected chi connectivity index (χ0v) is 4.19. The Morgan fingerprint density at radius 1 is 2.00 bits per heavy atom. The standard InChI is InChI=1S/C2H7NOSi/c1-2-4-5-3/h2-3H2,1H3. The Balaban J connectivity index is 2.19. The average molecular weight is 89.2 g/mol. The molecule has 0 spiro atoms. The van der Waals surface area contributed by atoms with Gasteiger partial charge in [-0.1, -0.05) is 0 Å². The maximum atomic E-state index is 4.94. The molecule has 0 rings (SSSR count). The van der Waals surface area contributed by atoms with E-state index < -0.39 is 0 Å². The first-order valence-electron chi connectivity index (χ1n) is 1.49. The van der Waals surface area contributed by atoms with Gasteiger partial charge in [0.2, 0.25) is 0 Å². The first-order valence-corrected chi connectivity index (χ1v) is 2.47. The van der Waals surface area contributed by atoms with Crippen molar-refractivity contribution in [1.29, 1.82) is 0 Å². The van der Waals surface area contributed by atoms with Crippen LogP contribution >= 0.6 is 0 Å². The molecule has 2 nitrogen and oxygen atoms in total. The number of rotatable bonds is 2. The van der Waals surface area contributed by atoms with E-state index >= 15 is 0 Å². The zero-order valence-electron chi connectivity index (χ0n) is 3.19. The van der Waals surface area contributed by atoms with Crippen LogP contribution in [0.1, 0.15) is 6.92 Å². The van der Waals surface area contributed by atoms with E-state index in [1.165, 1.54) is 0 Å². The fraction of sp³-hybridized carbons (Fsp3) is 1.00. The van der Waals surface area contributed by atoms with Gasteiger partial charge in [-0.25, -0.2) is 0 Å². The summed E-state index contributed by atoms with van der Waals surface area (Å²) in [6.45, 7) is 2.65. The highest BCUT2D eigenvalue weighted by molar-refractivity contribution is 6.21. The highest BCUT2D eigenvalue weighted by atomic mass is 28.2. The number of nitrogens with two attached hydrogens (primary N) is 1. The Morgan fingerprint density at radius 2 is 2.60 bits per heavy atom. The molecule has 0 fully saturated rings. The minimum Gasteiger partial charge on any atom is -0.403 e. The normalized spacial score (nSPS) is 8.40. The fourth-order valence-electron chi connectivity index (χ4n) is 0.0833. The van der Waals surface area contributed by atoms with Crippen LogP contribution in [0.2, 0.25) is 0 Å². The quantitative estimate of drug-likeness (QED) is 0.464. The van der Waals surface area contributed by atoms with Gasteiger partial charge in [0, 0.05) is 6.61 Å². The Kier molecular flexibility index (Phi) is 4.25. The molecular formula is C2H7NOSi. The van der Waals surface area contributed by atoms with Crippen molar-refractivity contribution in [3.8, 4) is 0 Å². The van der Waals surface area contributed by atoms with Crippen LogP contribution in [0, 0.1) is 0 Å². The van der Waals surface area contributed by atoms with Crippen LogP contribution in [-0.4, -0.2) is 16.5 Å². The van der Waals surface area contributed by atoms with Crippen molar-refractivity contribution in [1.82, 2.24) is 0 Å². The predicted molar refractivity (Wildman–Crippen MR) is 21.6 cm³/mol. The third-order valence-electron chi connectivity index (χ3n) is 0.228. The summed E-state index contributed by atoms with van der Waals surface area (Å²) in [7, 11) is 0.158. The van der Waals surface area contributed by atoms with E-state index in [2.05, 4.69) is 4.43 Å². The lowest BCUT2D eigenvalue weighted by Gasteiger charge is -1.83. The molecule has 0 unspecified atom stereocenters. The van der Waals surface area contributed by atoms with Crippen molar-refractivity contribution in [2.24, 2.45) is 5.40 Å². The highest BCUT2D eigenvalue weighted by Crippen LogP contribution is 1.55. The van der Waals surface area contributed by atoms with Gasteiger partial charge < -0.3 is 9.83 Å². The van der Waals surface area contributed by atoms with E-state index in [0.29, 0.717) is 0 Å². The fourth-order valence-corrected chi connectivity index (χ4v) is 0.250. The second kappa shape index (κ2) is 4.14. The maximum absolute atomic E-state index is 4.94. The molecule has 0 saturated heterocycles. The van der Waals surface area contributed by atoms with E-state index in [1.54, 1.807) is 0 Å². The summed E-state index contributed by atoms with van der Waals surface area (Å²) in [5, 5.41) is 4.94. The van der Waals surface area contributed by atoms with Crippen LogP contribution in [-0.2, 0) is 4.43 Å². The van der Waals surface area contributed by atoms with Crippen LogP contribution in [0.4, 0.5) is 0 Å². The van der Waals surface area contributed by atoms with Gasteiger partial charge in [0.05, 0.1) is 0 Å². The molecule has 2 radical (unpaired) electrons. The van der Waals surface area contributed by atoms with Gasteiger partial charge >= 0.3 is 9.92 Å². The van der Waals surface area contributed by atoms with E-state index in [-0.39, 0.29) is 9.92 Å². The van der Waals surface area contributed by atoms with E-state index in [1.807, 2.05) is 6.92 Å². The molecule has 0 aromatic carbocycles. The van der Waals surface area contributed by atoms with Crippen LogP contribution in [0.25, 0.3) is 0 Å². The van der Waals surface area contributed by atoms with Crippen LogP contribution in [0.15, 0.2) is 0 Å². The van der Waals surface area contributed by atoms with Crippen LogP contribution in [0.5, 0.6) is 0 Å². The Labute approximate surface area is 34.3 Å². The van der Waals surface area contributed by atoms with Gasteiger partial charge in [-0.05, 0) is 6.92 Å². The van der Waals surface area contributed by atoms with Crippen molar-refractivity contribution < 1.29 is 4.43 Å². The van der Waals surface area contributed by atoms with Gasteiger partial charge in [-0.3, -0.25) is 0 Å². The Morgan fingerprint density at radius 3 is 2.60 bits per heavy atom. The summed E-state index contributed by atoms with van der Waals surface area (Å²) in [4.78, 5) is 0. The lowest BCUT2D eigenvalue weighted by molar-refractivity contribution is 0.361. The molecule has 0 aliphatic rings. The van der Waals surface area contributed by atoms with E-state index in [4.69, 9.17) is 5.40 Å². The smallest absolute Gasteiger partial charge is 0.334 e. The molecule has 0 aromatic heterocycles. The van der Waals surface area contributed by atoms with Crippen molar-refractivity contribution in [2.45, 2.75) is 6.92 Å². The summed E-state index contributed by atoms with van der Waals surface area (Å²) in [5.74, 6) is 0. The SMILES string of the molecule is CCO[Si]N. The van der Waals surface area contributed by atoms with Gasteiger partial charge in [-0.15, -0.1) is 0 Å². The van der Waals surface area contributed by atoms with Gasteiger partial charge in [0.1, 0.15) is 0 Å². The van der Waals surface area contributed by atoms with Crippen molar-refractivity contribution in [3.05, 3.63) is 0 Å². The molecule has 2 N–H and O–H groups in total. The molecule has 0 aliphatic heterocycles. The summed E-state index contributed by atoms with van der Waals surface area (Å²) in [6.07, 6.45) is 0. The molecule has 3 heteroatoms. The largest absolute Gasteiger partial charge is 0.403 e. The molecule has 0 saturated carbocycles. The number of hydrogen-bond donors (Lipinski definition) is 1. The summed E-state index contributed by atoms with van der Waals surface area (Å²) in [5.41, 5.74) is 0. The first-order chi connectivity index (χ1) is 2.41. The molecule has 0 atom stereocenters. The van der Waals surface area contributed by atoms with E-state index in [0.717, 1.165) is 6.61 Å². The van der Waals surface area contributed by atoms with E-state index in [9.17, 15) is 0 Å². The molecule has 0 amide bonds. The molecule has 30 valence electrons. The minimum atomic E-state index is 0.158. The summed E-state index contributed by atoms with van der Waals surface area (Å²) >= 11 is 0. The average Bonchev–Trinajstić information content (AvgIpc) is 1.41.